The molecule has 6 nitrogen and oxygen atoms in total. The van der Waals surface area contributed by atoms with Gasteiger partial charge in [-0.25, -0.2) is 4.79 Å². The number of carbonyl (C=O) groups is 1. The summed E-state index contributed by atoms with van der Waals surface area (Å²) in [5, 5.41) is 7.60. The molecule has 0 bridgehead atoms. The zero-order valence-electron chi connectivity index (χ0n) is 6.76. The van der Waals surface area contributed by atoms with Crippen molar-refractivity contribution in [2.75, 3.05) is 0 Å². The van der Waals surface area contributed by atoms with Crippen molar-refractivity contribution in [3.05, 3.63) is 12.7 Å². The second-order valence-electron chi connectivity index (χ2n) is 1.01. The summed E-state index contributed by atoms with van der Waals surface area (Å²) < 4.78 is 8.66. The van der Waals surface area contributed by atoms with Gasteiger partial charge in [-0.1, -0.05) is 6.58 Å². The minimum absolute atomic E-state index is 0. The van der Waals surface area contributed by atoms with Gasteiger partial charge in [0.1, 0.15) is 0 Å². The summed E-state index contributed by atoms with van der Waals surface area (Å²) >= 11 is 0. The molecule has 0 aromatic heterocycles. The van der Waals surface area contributed by atoms with Crippen LogP contribution >= 0.6 is 7.82 Å². The molecule has 0 spiro atoms. The number of phosphoric acid groups is 1. The molecular formula is C3H5K2O6P. The van der Waals surface area contributed by atoms with Crippen LogP contribution in [0.4, 0.5) is 0 Å². The van der Waals surface area contributed by atoms with E-state index in [1.807, 2.05) is 0 Å². The van der Waals surface area contributed by atoms with Crippen molar-refractivity contribution in [2.24, 2.45) is 0 Å². The Morgan fingerprint density at radius 1 is 1.42 bits per heavy atom. The first-order valence-corrected chi connectivity index (χ1v) is 3.37. The molecule has 0 radical (unpaired) electrons. The smallest absolute Gasteiger partial charge is 0.790 e. The van der Waals surface area contributed by atoms with Gasteiger partial charge in [0.2, 0.25) is 0 Å². The Bertz CT molecular complexity index is 156. The summed E-state index contributed by atoms with van der Waals surface area (Å²) in [5.74, 6) is -0.981. The maximum atomic E-state index is 9.25. The molecule has 2 N–H and O–H groups in total. The van der Waals surface area contributed by atoms with Crippen molar-refractivity contribution in [3.63, 3.8) is 0 Å². The van der Waals surface area contributed by atoms with E-state index in [0.717, 1.165) is 6.08 Å². The van der Waals surface area contributed by atoms with Crippen LogP contribution < -0.4 is 113 Å². The van der Waals surface area contributed by atoms with Crippen molar-refractivity contribution < 1.29 is 132 Å². The third-order valence-electron chi connectivity index (χ3n) is 0.175. The van der Waals surface area contributed by atoms with E-state index < -0.39 is 13.8 Å². The predicted molar refractivity (Wildman–Crippen MR) is 27.7 cm³/mol. The Balaban J connectivity index is -0.0000000457. The molecule has 0 aliphatic rings. The molecule has 0 unspecified atom stereocenters. The summed E-state index contributed by atoms with van der Waals surface area (Å²) in [6, 6.07) is 0. The molecule has 0 atom stereocenters. The van der Waals surface area contributed by atoms with E-state index in [4.69, 9.17) is 24.4 Å². The molecule has 0 saturated heterocycles. The average Bonchev–Trinajstić information content (AvgIpc) is 1.61. The fourth-order valence-electron chi connectivity index (χ4n) is 0. The Kier molecular flexibility index (Phi) is 27.2. The minimum atomic E-state index is -5.14. The average molecular weight is 246 g/mol. The van der Waals surface area contributed by atoms with Crippen molar-refractivity contribution in [1.29, 1.82) is 0 Å². The molecule has 0 saturated carbocycles. The number of aliphatic carboxylic acids is 1. The molecule has 0 amide bonds. The van der Waals surface area contributed by atoms with Crippen molar-refractivity contribution in [1.82, 2.24) is 0 Å². The monoisotopic (exact) mass is 246 g/mol. The van der Waals surface area contributed by atoms with Crippen LogP contribution in [-0.4, -0.2) is 16.0 Å². The molecule has 0 aromatic carbocycles. The van der Waals surface area contributed by atoms with Gasteiger partial charge in [0.15, 0.2) is 0 Å². The standard InChI is InChI=1S/C3H4O2.2K.H3O4P/c1-2-3(4)5;;;1-5(2,3)4/h2H,1H2,(H,4,5);;;(H3,1,2,3,4)/q;2*+1;/p-2. The topological polar surface area (TPSA) is 121 Å². The quantitative estimate of drug-likeness (QED) is 0.269. The third-order valence-corrected chi connectivity index (χ3v) is 0.175. The molecule has 0 aliphatic heterocycles. The third kappa shape index (κ3) is 80.2. The van der Waals surface area contributed by atoms with E-state index >= 15 is 0 Å². The molecule has 60 valence electrons. The zero-order valence-corrected chi connectivity index (χ0v) is 13.9. The first-order chi connectivity index (χ1) is 4.27. The van der Waals surface area contributed by atoms with Gasteiger partial charge < -0.3 is 24.4 Å². The van der Waals surface area contributed by atoms with Gasteiger partial charge in [-0.3, -0.25) is 0 Å². The summed E-state index contributed by atoms with van der Waals surface area (Å²) in [4.78, 5) is 33.5. The zero-order chi connectivity index (χ0) is 8.78. The van der Waals surface area contributed by atoms with Gasteiger partial charge in [0.05, 0.1) is 7.82 Å². The molecular weight excluding hydrogens is 241 g/mol. The molecule has 0 aliphatic carbocycles. The number of carboxylic acid groups (broad SMARTS) is 1. The second-order valence-corrected chi connectivity index (χ2v) is 1.95. The van der Waals surface area contributed by atoms with Crippen LogP contribution in [0.2, 0.25) is 0 Å². The summed E-state index contributed by atoms with van der Waals surface area (Å²) in [6.07, 6.45) is 0.833. The number of hydrogen-bond donors (Lipinski definition) is 2. The van der Waals surface area contributed by atoms with Crippen molar-refractivity contribution in [2.45, 2.75) is 0 Å². The van der Waals surface area contributed by atoms with Crippen LogP contribution in [0.15, 0.2) is 12.7 Å². The van der Waals surface area contributed by atoms with Crippen LogP contribution in [0.3, 0.4) is 0 Å². The molecule has 0 aromatic rings. The van der Waals surface area contributed by atoms with Crippen LogP contribution in [0, 0.1) is 0 Å². The summed E-state index contributed by atoms with van der Waals surface area (Å²) in [6.45, 7) is 2.96. The van der Waals surface area contributed by atoms with Gasteiger partial charge in [-0.05, 0) is 0 Å². The summed E-state index contributed by atoms with van der Waals surface area (Å²) in [7, 11) is -5.14. The first-order valence-electron chi connectivity index (χ1n) is 1.87. The molecule has 0 fully saturated rings. The number of hydrogen-bond acceptors (Lipinski definition) is 4. The van der Waals surface area contributed by atoms with Gasteiger partial charge >= 0.3 is 109 Å². The predicted octanol–water partition coefficient (Wildman–Crippen LogP) is -7.93. The van der Waals surface area contributed by atoms with E-state index in [9.17, 15) is 4.79 Å². The van der Waals surface area contributed by atoms with Crippen molar-refractivity contribution in [3.8, 4) is 0 Å². The Morgan fingerprint density at radius 2 is 1.50 bits per heavy atom. The van der Waals surface area contributed by atoms with Crippen LogP contribution in [-0.2, 0) is 9.36 Å². The van der Waals surface area contributed by atoms with Gasteiger partial charge in [-0.15, -0.1) is 0 Å². The summed E-state index contributed by atoms with van der Waals surface area (Å²) in [5.41, 5.74) is 0. The van der Waals surface area contributed by atoms with E-state index in [0.29, 0.717) is 0 Å². The van der Waals surface area contributed by atoms with Gasteiger partial charge in [-0.2, -0.15) is 0 Å². The van der Waals surface area contributed by atoms with E-state index in [1.54, 1.807) is 0 Å². The van der Waals surface area contributed by atoms with Crippen LogP contribution in [0.1, 0.15) is 0 Å². The minimum Gasteiger partial charge on any atom is -0.790 e. The molecule has 0 heterocycles. The van der Waals surface area contributed by atoms with Crippen LogP contribution in [0.25, 0.3) is 0 Å². The maximum absolute atomic E-state index is 9.25. The second kappa shape index (κ2) is 13.6. The largest absolute Gasteiger partial charge is 1.00 e. The van der Waals surface area contributed by atoms with E-state index in [2.05, 4.69) is 6.58 Å². The fourth-order valence-corrected chi connectivity index (χ4v) is 0. The first kappa shape index (κ1) is 24.0. The van der Waals surface area contributed by atoms with Gasteiger partial charge in [0, 0.05) is 6.08 Å². The SMILES string of the molecule is C=CC(=O)O.O=P([O-])([O-])O.[K+].[K+]. The maximum Gasteiger partial charge on any atom is 1.00 e. The Morgan fingerprint density at radius 3 is 1.50 bits per heavy atom. The van der Waals surface area contributed by atoms with E-state index in [-0.39, 0.29) is 103 Å². The Labute approximate surface area is 155 Å². The Hall–Kier alpha value is 2.59. The van der Waals surface area contributed by atoms with Gasteiger partial charge in [0.25, 0.3) is 0 Å². The molecule has 12 heavy (non-hydrogen) atoms. The number of carboxylic acids is 1. The van der Waals surface area contributed by atoms with Crippen LogP contribution in [0.5, 0.6) is 0 Å². The van der Waals surface area contributed by atoms with E-state index in [1.165, 1.54) is 0 Å². The number of rotatable bonds is 1. The normalized spacial score (nSPS) is 7.58. The fraction of sp³-hybridized carbons (Fsp3) is 0. The van der Waals surface area contributed by atoms with Crippen molar-refractivity contribution >= 4 is 13.8 Å². The molecule has 9 heteroatoms. The molecule has 0 rings (SSSR count).